The van der Waals surface area contributed by atoms with E-state index < -0.39 is 0 Å². The van der Waals surface area contributed by atoms with Gasteiger partial charge in [-0.3, -0.25) is 9.78 Å². The number of anilines is 1. The molecule has 0 fully saturated rings. The minimum Gasteiger partial charge on any atom is -0.376 e. The van der Waals surface area contributed by atoms with Gasteiger partial charge in [-0.1, -0.05) is 6.07 Å². The second kappa shape index (κ2) is 6.98. The van der Waals surface area contributed by atoms with Crippen LogP contribution in [0, 0.1) is 5.82 Å². The molecule has 1 aromatic heterocycles. The van der Waals surface area contributed by atoms with Crippen molar-refractivity contribution in [1.82, 2.24) is 10.4 Å². The first-order valence-electron chi connectivity index (χ1n) is 5.95. The summed E-state index contributed by atoms with van der Waals surface area (Å²) in [4.78, 5) is 15.4. The van der Waals surface area contributed by atoms with E-state index in [1.807, 2.05) is 6.07 Å². The summed E-state index contributed by atoms with van der Waals surface area (Å²) in [5.41, 5.74) is 3.83. The van der Waals surface area contributed by atoms with Crippen LogP contribution in [-0.4, -0.2) is 23.7 Å². The minimum atomic E-state index is -0.318. The third kappa shape index (κ3) is 4.49. The molecule has 0 saturated carbocycles. The Hall–Kier alpha value is -2.76. The van der Waals surface area contributed by atoms with Crippen molar-refractivity contribution in [2.45, 2.75) is 0 Å². The first-order chi connectivity index (χ1) is 9.74. The predicted octanol–water partition coefficient (Wildman–Crippen LogP) is 1.78. The van der Waals surface area contributed by atoms with Gasteiger partial charge in [0.15, 0.2) is 0 Å². The Bertz CT molecular complexity index is 584. The van der Waals surface area contributed by atoms with Gasteiger partial charge in [-0.15, -0.1) is 0 Å². The van der Waals surface area contributed by atoms with Crippen LogP contribution in [0.3, 0.4) is 0 Å². The molecule has 0 aliphatic carbocycles. The molecule has 5 nitrogen and oxygen atoms in total. The van der Waals surface area contributed by atoms with Crippen LogP contribution in [-0.2, 0) is 4.79 Å². The first-order valence-corrected chi connectivity index (χ1v) is 5.95. The van der Waals surface area contributed by atoms with Gasteiger partial charge in [-0.05, 0) is 30.3 Å². The van der Waals surface area contributed by atoms with Gasteiger partial charge < -0.3 is 5.32 Å². The van der Waals surface area contributed by atoms with Crippen molar-refractivity contribution in [2.24, 2.45) is 5.10 Å². The highest BCUT2D eigenvalue weighted by Crippen LogP contribution is 2.07. The average molecular weight is 272 g/mol. The fourth-order valence-electron chi connectivity index (χ4n) is 1.42. The highest BCUT2D eigenvalue weighted by Gasteiger charge is 1.99. The third-order valence-electron chi connectivity index (χ3n) is 2.38. The normalized spacial score (nSPS) is 10.4. The number of nitrogens with zero attached hydrogens (tertiary/aromatic N) is 2. The number of hydrogen-bond acceptors (Lipinski definition) is 4. The monoisotopic (exact) mass is 272 g/mol. The summed E-state index contributed by atoms with van der Waals surface area (Å²) in [6.45, 7) is 0.0516. The summed E-state index contributed by atoms with van der Waals surface area (Å²) < 4.78 is 12.7. The Morgan fingerprint density at radius 2 is 2.10 bits per heavy atom. The lowest BCUT2D eigenvalue weighted by molar-refractivity contribution is -0.119. The van der Waals surface area contributed by atoms with Gasteiger partial charge in [-0.2, -0.15) is 5.10 Å². The fraction of sp³-hybridized carbons (Fsp3) is 0.0714. The summed E-state index contributed by atoms with van der Waals surface area (Å²) in [5, 5.41) is 6.66. The van der Waals surface area contributed by atoms with E-state index in [2.05, 4.69) is 20.8 Å². The number of hydrogen-bond donors (Lipinski definition) is 2. The molecule has 0 aliphatic rings. The van der Waals surface area contributed by atoms with E-state index in [1.54, 1.807) is 30.6 Å². The number of amides is 1. The molecule has 2 aromatic rings. The van der Waals surface area contributed by atoms with Crippen LogP contribution in [0.15, 0.2) is 53.9 Å². The molecule has 0 unspecified atom stereocenters. The van der Waals surface area contributed by atoms with E-state index in [0.29, 0.717) is 5.69 Å². The number of aromatic nitrogens is 1. The van der Waals surface area contributed by atoms with Gasteiger partial charge in [0.25, 0.3) is 5.91 Å². The highest BCUT2D eigenvalue weighted by molar-refractivity contribution is 5.84. The highest BCUT2D eigenvalue weighted by atomic mass is 19.1. The van der Waals surface area contributed by atoms with Crippen molar-refractivity contribution in [3.63, 3.8) is 0 Å². The number of carbonyl (C=O) groups is 1. The maximum atomic E-state index is 12.7. The van der Waals surface area contributed by atoms with E-state index in [4.69, 9.17) is 0 Å². The molecule has 102 valence electrons. The quantitative estimate of drug-likeness (QED) is 0.644. The fourth-order valence-corrected chi connectivity index (χ4v) is 1.42. The Kier molecular flexibility index (Phi) is 4.77. The Morgan fingerprint density at radius 1 is 1.30 bits per heavy atom. The van der Waals surface area contributed by atoms with E-state index in [9.17, 15) is 9.18 Å². The number of hydrazone groups is 1. The number of halogens is 1. The van der Waals surface area contributed by atoms with Gasteiger partial charge >= 0.3 is 0 Å². The lowest BCUT2D eigenvalue weighted by Crippen LogP contribution is -2.25. The predicted molar refractivity (Wildman–Crippen MR) is 74.9 cm³/mol. The number of carbonyl (C=O) groups excluding carboxylic acids is 1. The summed E-state index contributed by atoms with van der Waals surface area (Å²) >= 11 is 0. The van der Waals surface area contributed by atoms with Crippen molar-refractivity contribution in [3.8, 4) is 0 Å². The molecule has 2 N–H and O–H groups in total. The van der Waals surface area contributed by atoms with E-state index in [0.717, 1.165) is 5.56 Å². The van der Waals surface area contributed by atoms with Gasteiger partial charge in [0.05, 0.1) is 12.8 Å². The maximum absolute atomic E-state index is 12.7. The van der Waals surface area contributed by atoms with Crippen LogP contribution < -0.4 is 10.7 Å². The number of rotatable bonds is 5. The summed E-state index contributed by atoms with van der Waals surface area (Å²) in [6, 6.07) is 9.35. The van der Waals surface area contributed by atoms with Crippen molar-refractivity contribution < 1.29 is 9.18 Å². The topological polar surface area (TPSA) is 66.4 Å². The van der Waals surface area contributed by atoms with E-state index in [1.165, 1.54) is 18.3 Å². The molecule has 1 amide bonds. The number of nitrogens with one attached hydrogen (secondary N) is 2. The molecule has 0 atom stereocenters. The maximum Gasteiger partial charge on any atom is 0.259 e. The molecule has 2 rings (SSSR count). The van der Waals surface area contributed by atoms with Crippen LogP contribution >= 0.6 is 0 Å². The molecule has 6 heteroatoms. The van der Waals surface area contributed by atoms with Crippen molar-refractivity contribution in [1.29, 1.82) is 0 Å². The van der Waals surface area contributed by atoms with Crippen LogP contribution in [0.1, 0.15) is 5.56 Å². The average Bonchev–Trinajstić information content (AvgIpc) is 2.48. The SMILES string of the molecule is O=C(CNc1ccc(F)cc1)NN=Cc1cccnc1. The Morgan fingerprint density at radius 3 is 2.80 bits per heavy atom. The molecule has 20 heavy (non-hydrogen) atoms. The van der Waals surface area contributed by atoms with Gasteiger partial charge in [0, 0.05) is 23.6 Å². The second-order valence-electron chi connectivity index (χ2n) is 3.94. The van der Waals surface area contributed by atoms with Crippen LogP contribution in [0.4, 0.5) is 10.1 Å². The third-order valence-corrected chi connectivity index (χ3v) is 2.38. The van der Waals surface area contributed by atoms with Crippen LogP contribution in [0.5, 0.6) is 0 Å². The smallest absolute Gasteiger partial charge is 0.259 e. The zero-order valence-electron chi connectivity index (χ0n) is 10.6. The Balaban J connectivity index is 1.76. The molecular formula is C14H13FN4O. The molecule has 1 aromatic carbocycles. The van der Waals surface area contributed by atoms with Gasteiger partial charge in [0.2, 0.25) is 0 Å². The van der Waals surface area contributed by atoms with E-state index in [-0.39, 0.29) is 18.3 Å². The number of pyridine rings is 1. The molecular weight excluding hydrogens is 259 g/mol. The summed E-state index contributed by atoms with van der Waals surface area (Å²) in [6.07, 6.45) is 4.79. The van der Waals surface area contributed by atoms with Crippen molar-refractivity contribution in [2.75, 3.05) is 11.9 Å². The zero-order chi connectivity index (χ0) is 14.2. The zero-order valence-corrected chi connectivity index (χ0v) is 10.6. The van der Waals surface area contributed by atoms with Crippen molar-refractivity contribution >= 4 is 17.8 Å². The van der Waals surface area contributed by atoms with Crippen LogP contribution in [0.25, 0.3) is 0 Å². The molecule has 0 bridgehead atoms. The second-order valence-corrected chi connectivity index (χ2v) is 3.94. The number of benzene rings is 1. The largest absolute Gasteiger partial charge is 0.376 e. The molecule has 0 radical (unpaired) electrons. The standard InChI is InChI=1S/C14H13FN4O/c15-12-3-5-13(6-4-12)17-10-14(20)19-18-9-11-2-1-7-16-8-11/h1-9,17H,10H2,(H,19,20). The molecule has 0 aliphatic heterocycles. The summed E-state index contributed by atoms with van der Waals surface area (Å²) in [7, 11) is 0. The molecule has 0 saturated heterocycles. The van der Waals surface area contributed by atoms with E-state index >= 15 is 0 Å². The van der Waals surface area contributed by atoms with Gasteiger partial charge in [-0.25, -0.2) is 9.82 Å². The minimum absolute atomic E-state index is 0.0516. The Labute approximate surface area is 115 Å². The van der Waals surface area contributed by atoms with Crippen LogP contribution in [0.2, 0.25) is 0 Å². The first kappa shape index (κ1) is 13.7. The lowest BCUT2D eigenvalue weighted by Gasteiger charge is -2.04. The summed E-state index contributed by atoms with van der Waals surface area (Å²) in [5.74, 6) is -0.615. The molecule has 0 spiro atoms. The lowest BCUT2D eigenvalue weighted by atomic mass is 10.3. The van der Waals surface area contributed by atoms with Crippen molar-refractivity contribution in [3.05, 3.63) is 60.2 Å². The molecule has 1 heterocycles. The van der Waals surface area contributed by atoms with Gasteiger partial charge in [0.1, 0.15) is 5.82 Å².